The van der Waals surface area contributed by atoms with Gasteiger partial charge < -0.3 is 9.52 Å². The Balaban J connectivity index is 1.68. The van der Waals surface area contributed by atoms with Crippen LogP contribution in [0.3, 0.4) is 0 Å². The van der Waals surface area contributed by atoms with Crippen LogP contribution in [0.4, 0.5) is 0 Å². The van der Waals surface area contributed by atoms with Gasteiger partial charge in [-0.15, -0.1) is 21.5 Å². The number of aromatic nitrogens is 3. The third-order valence-electron chi connectivity index (χ3n) is 2.51. The van der Waals surface area contributed by atoms with Crippen molar-refractivity contribution in [1.29, 1.82) is 0 Å². The minimum atomic E-state index is -1.04. The lowest BCUT2D eigenvalue weighted by Crippen LogP contribution is -2.01. The third-order valence-corrected chi connectivity index (χ3v) is 4.22. The Morgan fingerprint density at radius 2 is 2.19 bits per heavy atom. The molecule has 0 aliphatic heterocycles. The SMILES string of the molecule is O=C(O)c1cccc(CSc2nnc(-c3cccs3)o2)n1. The molecule has 0 saturated carbocycles. The Morgan fingerprint density at radius 1 is 1.29 bits per heavy atom. The van der Waals surface area contributed by atoms with Gasteiger partial charge in [0.05, 0.1) is 10.6 Å². The standard InChI is InChI=1S/C13H9N3O3S2/c17-12(18)9-4-1-3-8(14-9)7-21-13-16-15-11(19-13)10-5-2-6-20-10/h1-6H,7H2,(H,17,18). The van der Waals surface area contributed by atoms with E-state index in [1.54, 1.807) is 12.1 Å². The van der Waals surface area contributed by atoms with Gasteiger partial charge in [0.15, 0.2) is 0 Å². The lowest BCUT2D eigenvalue weighted by molar-refractivity contribution is 0.0690. The van der Waals surface area contributed by atoms with E-state index in [0.29, 0.717) is 22.6 Å². The fourth-order valence-electron chi connectivity index (χ4n) is 1.58. The number of nitrogens with zero attached hydrogens (tertiary/aromatic N) is 3. The van der Waals surface area contributed by atoms with Crippen LogP contribution in [-0.2, 0) is 5.75 Å². The number of hydrogen-bond donors (Lipinski definition) is 1. The summed E-state index contributed by atoms with van der Waals surface area (Å²) in [6, 6.07) is 8.70. The molecule has 3 aromatic heterocycles. The molecule has 0 aliphatic carbocycles. The van der Waals surface area contributed by atoms with Crippen LogP contribution in [0.5, 0.6) is 0 Å². The Bertz CT molecular complexity index is 756. The molecule has 0 amide bonds. The van der Waals surface area contributed by atoms with E-state index < -0.39 is 5.97 Å². The molecule has 0 aliphatic rings. The average molecular weight is 319 g/mol. The minimum absolute atomic E-state index is 0.0258. The topological polar surface area (TPSA) is 89.1 Å². The molecule has 0 bridgehead atoms. The highest BCUT2D eigenvalue weighted by atomic mass is 32.2. The van der Waals surface area contributed by atoms with Crippen molar-refractivity contribution < 1.29 is 14.3 Å². The van der Waals surface area contributed by atoms with Crippen LogP contribution in [0.2, 0.25) is 0 Å². The van der Waals surface area contributed by atoms with E-state index in [2.05, 4.69) is 15.2 Å². The van der Waals surface area contributed by atoms with E-state index in [1.165, 1.54) is 29.2 Å². The zero-order valence-electron chi connectivity index (χ0n) is 10.6. The largest absolute Gasteiger partial charge is 0.477 e. The first-order valence-electron chi connectivity index (χ1n) is 5.92. The quantitative estimate of drug-likeness (QED) is 0.722. The first kappa shape index (κ1) is 13.8. The lowest BCUT2D eigenvalue weighted by Gasteiger charge is -1.99. The van der Waals surface area contributed by atoms with Crippen molar-refractivity contribution in [2.24, 2.45) is 0 Å². The first-order valence-corrected chi connectivity index (χ1v) is 7.78. The van der Waals surface area contributed by atoms with Crippen molar-refractivity contribution in [3.63, 3.8) is 0 Å². The number of thioether (sulfide) groups is 1. The Hall–Kier alpha value is -2.19. The number of hydrogen-bond acceptors (Lipinski definition) is 7. The second-order valence-corrected chi connectivity index (χ2v) is 5.83. The van der Waals surface area contributed by atoms with Crippen LogP contribution in [0, 0.1) is 0 Å². The Labute approximate surface area is 127 Å². The van der Waals surface area contributed by atoms with E-state index in [1.807, 2.05) is 17.5 Å². The van der Waals surface area contributed by atoms with Crippen molar-refractivity contribution >= 4 is 29.1 Å². The summed E-state index contributed by atoms with van der Waals surface area (Å²) in [5, 5.41) is 19.2. The van der Waals surface area contributed by atoms with Gasteiger partial charge in [-0.2, -0.15) is 0 Å². The molecular weight excluding hydrogens is 310 g/mol. The molecule has 1 N–H and O–H groups in total. The molecule has 3 aromatic rings. The average Bonchev–Trinajstić information content (AvgIpc) is 3.16. The summed E-state index contributed by atoms with van der Waals surface area (Å²) in [4.78, 5) is 15.8. The Kier molecular flexibility index (Phi) is 3.98. The smallest absolute Gasteiger partial charge is 0.354 e. The highest BCUT2D eigenvalue weighted by Gasteiger charge is 2.11. The third kappa shape index (κ3) is 3.29. The highest BCUT2D eigenvalue weighted by molar-refractivity contribution is 7.98. The van der Waals surface area contributed by atoms with Gasteiger partial charge in [-0.3, -0.25) is 0 Å². The summed E-state index contributed by atoms with van der Waals surface area (Å²) in [6.07, 6.45) is 0. The molecule has 0 saturated heterocycles. The van der Waals surface area contributed by atoms with Gasteiger partial charge in [0.1, 0.15) is 5.69 Å². The number of carboxylic acids is 1. The first-order chi connectivity index (χ1) is 10.2. The molecular formula is C13H9N3O3S2. The van der Waals surface area contributed by atoms with E-state index >= 15 is 0 Å². The molecule has 0 atom stereocenters. The van der Waals surface area contributed by atoms with Crippen LogP contribution < -0.4 is 0 Å². The number of pyridine rings is 1. The fourth-order valence-corrected chi connectivity index (χ4v) is 2.90. The maximum absolute atomic E-state index is 10.9. The number of aromatic carboxylic acids is 1. The maximum atomic E-state index is 10.9. The second-order valence-electron chi connectivity index (χ2n) is 3.96. The molecule has 8 heteroatoms. The number of carboxylic acid groups (broad SMARTS) is 1. The molecule has 106 valence electrons. The predicted octanol–water partition coefficient (Wildman–Crippen LogP) is 3.18. The van der Waals surface area contributed by atoms with Gasteiger partial charge >= 0.3 is 5.97 Å². The number of rotatable bonds is 5. The van der Waals surface area contributed by atoms with Gasteiger partial charge in [0, 0.05) is 5.75 Å². The van der Waals surface area contributed by atoms with Crippen LogP contribution in [0.15, 0.2) is 45.4 Å². The van der Waals surface area contributed by atoms with Crippen molar-refractivity contribution in [3.8, 4) is 10.8 Å². The Morgan fingerprint density at radius 3 is 2.95 bits per heavy atom. The summed E-state index contributed by atoms with van der Waals surface area (Å²) in [5.41, 5.74) is 0.675. The van der Waals surface area contributed by atoms with Crippen LogP contribution in [0.1, 0.15) is 16.2 Å². The summed E-state index contributed by atoms with van der Waals surface area (Å²) in [5.74, 6) is -0.0907. The van der Waals surface area contributed by atoms with Crippen molar-refractivity contribution in [2.45, 2.75) is 11.0 Å². The summed E-state index contributed by atoms with van der Waals surface area (Å²) >= 11 is 2.85. The second kappa shape index (κ2) is 6.06. The van der Waals surface area contributed by atoms with Crippen LogP contribution in [-0.4, -0.2) is 26.3 Å². The predicted molar refractivity (Wildman–Crippen MR) is 78.4 cm³/mol. The van der Waals surface area contributed by atoms with E-state index in [9.17, 15) is 4.79 Å². The van der Waals surface area contributed by atoms with Crippen LogP contribution >= 0.6 is 23.1 Å². The molecule has 21 heavy (non-hydrogen) atoms. The maximum Gasteiger partial charge on any atom is 0.354 e. The summed E-state index contributed by atoms with van der Waals surface area (Å²) < 4.78 is 5.53. The van der Waals surface area contributed by atoms with E-state index in [-0.39, 0.29) is 5.69 Å². The molecule has 3 rings (SSSR count). The molecule has 6 nitrogen and oxygen atoms in total. The van der Waals surface area contributed by atoms with Gasteiger partial charge in [-0.25, -0.2) is 9.78 Å². The lowest BCUT2D eigenvalue weighted by atomic mass is 10.3. The summed E-state index contributed by atoms with van der Waals surface area (Å²) in [7, 11) is 0. The van der Waals surface area contributed by atoms with Gasteiger partial charge in [-0.05, 0) is 23.6 Å². The zero-order chi connectivity index (χ0) is 14.7. The highest BCUT2D eigenvalue weighted by Crippen LogP contribution is 2.27. The minimum Gasteiger partial charge on any atom is -0.477 e. The number of carbonyl (C=O) groups is 1. The number of thiophene rings is 1. The summed E-state index contributed by atoms with van der Waals surface area (Å²) in [6.45, 7) is 0. The van der Waals surface area contributed by atoms with Gasteiger partial charge in [-0.1, -0.05) is 23.9 Å². The van der Waals surface area contributed by atoms with Crippen LogP contribution in [0.25, 0.3) is 10.8 Å². The van der Waals surface area contributed by atoms with E-state index in [4.69, 9.17) is 9.52 Å². The fraction of sp³-hybridized carbons (Fsp3) is 0.0769. The van der Waals surface area contributed by atoms with Gasteiger partial charge in [0.2, 0.25) is 0 Å². The molecule has 0 spiro atoms. The van der Waals surface area contributed by atoms with Crippen molar-refractivity contribution in [1.82, 2.24) is 15.2 Å². The molecule has 0 fully saturated rings. The van der Waals surface area contributed by atoms with Crippen molar-refractivity contribution in [2.75, 3.05) is 0 Å². The van der Waals surface area contributed by atoms with Crippen molar-refractivity contribution in [3.05, 3.63) is 47.1 Å². The molecule has 0 radical (unpaired) electrons. The monoisotopic (exact) mass is 319 g/mol. The normalized spacial score (nSPS) is 10.7. The zero-order valence-corrected chi connectivity index (χ0v) is 12.2. The molecule has 0 aromatic carbocycles. The molecule has 0 unspecified atom stereocenters. The van der Waals surface area contributed by atoms with Gasteiger partial charge in [0.25, 0.3) is 11.1 Å². The van der Waals surface area contributed by atoms with E-state index in [0.717, 1.165) is 4.88 Å². The molecule has 3 heterocycles.